The summed E-state index contributed by atoms with van der Waals surface area (Å²) < 4.78 is 37.2. The Morgan fingerprint density at radius 3 is 2.41 bits per heavy atom. The quantitative estimate of drug-likeness (QED) is 0.840. The van der Waals surface area contributed by atoms with Gasteiger partial charge in [0.15, 0.2) is 9.84 Å². The number of hydrogen-bond donors (Lipinski definition) is 1. The lowest BCUT2D eigenvalue weighted by Crippen LogP contribution is -2.32. The standard InChI is InChI=1S/C12H18FNO2S/c1-9-6-10(13)4-5-11(9)17(15,16)8-12(2,3)7-14/h4-6H,7-8,14H2,1-3H3. The summed E-state index contributed by atoms with van der Waals surface area (Å²) in [7, 11) is -3.42. The van der Waals surface area contributed by atoms with Crippen molar-refractivity contribution in [2.45, 2.75) is 25.7 Å². The highest BCUT2D eigenvalue weighted by Crippen LogP contribution is 2.24. The molecule has 0 heterocycles. The Morgan fingerprint density at radius 1 is 1.35 bits per heavy atom. The molecule has 1 aromatic carbocycles. The Hall–Kier alpha value is -0.940. The molecule has 0 aromatic heterocycles. The Bertz CT molecular complexity index is 509. The molecule has 5 heteroatoms. The third-order valence-electron chi connectivity index (χ3n) is 2.61. The van der Waals surface area contributed by atoms with E-state index in [1.165, 1.54) is 12.1 Å². The van der Waals surface area contributed by atoms with Crippen molar-refractivity contribution in [2.75, 3.05) is 12.3 Å². The van der Waals surface area contributed by atoms with Crippen molar-refractivity contribution in [3.8, 4) is 0 Å². The molecule has 1 rings (SSSR count). The first-order valence-corrected chi connectivity index (χ1v) is 7.02. The highest BCUT2D eigenvalue weighted by molar-refractivity contribution is 7.91. The Labute approximate surface area is 102 Å². The average molecular weight is 259 g/mol. The van der Waals surface area contributed by atoms with E-state index >= 15 is 0 Å². The number of sulfone groups is 1. The van der Waals surface area contributed by atoms with Gasteiger partial charge < -0.3 is 5.73 Å². The molecule has 2 N–H and O–H groups in total. The Morgan fingerprint density at radius 2 is 1.94 bits per heavy atom. The number of aryl methyl sites for hydroxylation is 1. The molecule has 0 radical (unpaired) electrons. The first-order chi connectivity index (χ1) is 7.68. The third kappa shape index (κ3) is 3.51. The Balaban J connectivity index is 3.14. The monoisotopic (exact) mass is 259 g/mol. The average Bonchev–Trinajstić information content (AvgIpc) is 2.15. The van der Waals surface area contributed by atoms with Crippen LogP contribution in [0.3, 0.4) is 0 Å². The molecule has 0 amide bonds. The third-order valence-corrected chi connectivity index (χ3v) is 4.90. The minimum atomic E-state index is -3.42. The lowest BCUT2D eigenvalue weighted by atomic mass is 9.97. The van der Waals surface area contributed by atoms with Gasteiger partial charge in [-0.25, -0.2) is 12.8 Å². The summed E-state index contributed by atoms with van der Waals surface area (Å²) in [6.07, 6.45) is 0. The fourth-order valence-corrected chi connectivity index (χ4v) is 3.74. The first kappa shape index (κ1) is 14.1. The first-order valence-electron chi connectivity index (χ1n) is 5.37. The molecule has 0 bridgehead atoms. The van der Waals surface area contributed by atoms with Gasteiger partial charge in [0.1, 0.15) is 5.82 Å². The molecule has 3 nitrogen and oxygen atoms in total. The maximum atomic E-state index is 12.9. The molecule has 0 atom stereocenters. The van der Waals surface area contributed by atoms with Crippen molar-refractivity contribution in [3.63, 3.8) is 0 Å². The highest BCUT2D eigenvalue weighted by Gasteiger charge is 2.27. The second-order valence-corrected chi connectivity index (χ2v) is 7.00. The molecular weight excluding hydrogens is 241 g/mol. The summed E-state index contributed by atoms with van der Waals surface area (Å²) >= 11 is 0. The predicted molar refractivity (Wildman–Crippen MR) is 66.0 cm³/mol. The Kier molecular flexibility index (Phi) is 3.94. The zero-order valence-electron chi connectivity index (χ0n) is 10.3. The lowest BCUT2D eigenvalue weighted by Gasteiger charge is -2.22. The van der Waals surface area contributed by atoms with Gasteiger partial charge in [0.25, 0.3) is 0 Å². The van der Waals surface area contributed by atoms with Crippen LogP contribution in [0.5, 0.6) is 0 Å². The maximum Gasteiger partial charge on any atom is 0.179 e. The van der Waals surface area contributed by atoms with E-state index in [0.29, 0.717) is 5.56 Å². The summed E-state index contributed by atoms with van der Waals surface area (Å²) in [4.78, 5) is 0.181. The van der Waals surface area contributed by atoms with Crippen LogP contribution in [0.25, 0.3) is 0 Å². The van der Waals surface area contributed by atoms with Gasteiger partial charge in [0.05, 0.1) is 10.6 Å². The number of hydrogen-bond acceptors (Lipinski definition) is 3. The lowest BCUT2D eigenvalue weighted by molar-refractivity contribution is 0.425. The summed E-state index contributed by atoms with van der Waals surface area (Å²) in [5, 5.41) is 0. The topological polar surface area (TPSA) is 60.2 Å². The van der Waals surface area contributed by atoms with Crippen molar-refractivity contribution in [1.82, 2.24) is 0 Å². The molecular formula is C12H18FNO2S. The highest BCUT2D eigenvalue weighted by atomic mass is 32.2. The second-order valence-electron chi connectivity index (χ2n) is 5.04. The molecule has 0 aliphatic rings. The summed E-state index contributed by atoms with van der Waals surface area (Å²) in [5.41, 5.74) is 5.47. The van der Waals surface area contributed by atoms with E-state index in [1.807, 2.05) is 0 Å². The van der Waals surface area contributed by atoms with E-state index in [-0.39, 0.29) is 17.2 Å². The molecule has 0 saturated heterocycles. The SMILES string of the molecule is Cc1cc(F)ccc1S(=O)(=O)CC(C)(C)CN. The van der Waals surface area contributed by atoms with Gasteiger partial charge in [-0.2, -0.15) is 0 Å². The summed E-state index contributed by atoms with van der Waals surface area (Å²) in [6, 6.07) is 3.70. The van der Waals surface area contributed by atoms with Crippen LogP contribution in [0.15, 0.2) is 23.1 Å². The molecule has 0 aliphatic heterocycles. The van der Waals surface area contributed by atoms with E-state index in [4.69, 9.17) is 5.73 Å². The molecule has 0 fully saturated rings. The molecule has 17 heavy (non-hydrogen) atoms. The van der Waals surface area contributed by atoms with Crippen molar-refractivity contribution >= 4 is 9.84 Å². The van der Waals surface area contributed by atoms with Crippen molar-refractivity contribution in [1.29, 1.82) is 0 Å². The van der Waals surface area contributed by atoms with Crippen LogP contribution in [0.2, 0.25) is 0 Å². The smallest absolute Gasteiger partial charge is 0.179 e. The zero-order valence-corrected chi connectivity index (χ0v) is 11.1. The van der Waals surface area contributed by atoms with Gasteiger partial charge in [0, 0.05) is 0 Å². The fraction of sp³-hybridized carbons (Fsp3) is 0.500. The van der Waals surface area contributed by atoms with Crippen LogP contribution >= 0.6 is 0 Å². The zero-order chi connectivity index (χ0) is 13.3. The van der Waals surface area contributed by atoms with Gasteiger partial charge in [-0.1, -0.05) is 13.8 Å². The van der Waals surface area contributed by atoms with Gasteiger partial charge >= 0.3 is 0 Å². The van der Waals surface area contributed by atoms with Gasteiger partial charge in [-0.15, -0.1) is 0 Å². The van der Waals surface area contributed by atoms with Gasteiger partial charge in [-0.05, 0) is 42.6 Å². The molecule has 0 saturated carbocycles. The minimum absolute atomic E-state index is 0.0387. The second kappa shape index (κ2) is 4.74. The summed E-state index contributed by atoms with van der Waals surface area (Å²) in [5.74, 6) is -0.470. The number of rotatable bonds is 4. The van der Waals surface area contributed by atoms with Crippen LogP contribution in [0.1, 0.15) is 19.4 Å². The van der Waals surface area contributed by atoms with Crippen molar-refractivity contribution in [2.24, 2.45) is 11.1 Å². The molecule has 0 aliphatic carbocycles. The van der Waals surface area contributed by atoms with E-state index in [9.17, 15) is 12.8 Å². The van der Waals surface area contributed by atoms with Crippen LogP contribution < -0.4 is 5.73 Å². The largest absolute Gasteiger partial charge is 0.330 e. The minimum Gasteiger partial charge on any atom is -0.330 e. The maximum absolute atomic E-state index is 12.9. The van der Waals surface area contributed by atoms with E-state index < -0.39 is 21.1 Å². The number of benzene rings is 1. The molecule has 1 aromatic rings. The van der Waals surface area contributed by atoms with E-state index in [1.54, 1.807) is 20.8 Å². The van der Waals surface area contributed by atoms with Crippen LogP contribution in [0, 0.1) is 18.2 Å². The van der Waals surface area contributed by atoms with E-state index in [0.717, 1.165) is 6.07 Å². The van der Waals surface area contributed by atoms with Crippen LogP contribution in [-0.4, -0.2) is 20.7 Å². The van der Waals surface area contributed by atoms with Gasteiger partial charge in [-0.3, -0.25) is 0 Å². The van der Waals surface area contributed by atoms with Crippen molar-refractivity contribution < 1.29 is 12.8 Å². The molecule has 96 valence electrons. The van der Waals surface area contributed by atoms with Gasteiger partial charge in [0.2, 0.25) is 0 Å². The van der Waals surface area contributed by atoms with Crippen molar-refractivity contribution in [3.05, 3.63) is 29.6 Å². The fourth-order valence-electron chi connectivity index (χ4n) is 1.61. The molecule has 0 spiro atoms. The van der Waals surface area contributed by atoms with Crippen LogP contribution in [0.4, 0.5) is 4.39 Å². The number of halogens is 1. The van der Waals surface area contributed by atoms with Crippen LogP contribution in [-0.2, 0) is 9.84 Å². The molecule has 0 unspecified atom stereocenters. The van der Waals surface area contributed by atoms with E-state index in [2.05, 4.69) is 0 Å². The number of nitrogens with two attached hydrogens (primary N) is 1. The predicted octanol–water partition coefficient (Wildman–Crippen LogP) is 1.89. The normalized spacial score (nSPS) is 12.8. The summed E-state index contributed by atoms with van der Waals surface area (Å²) in [6.45, 7) is 5.46.